The number of carbonyl (C=O) groups is 4. The van der Waals surface area contributed by atoms with Gasteiger partial charge in [-0.3, -0.25) is 28.9 Å². The Labute approximate surface area is 355 Å². The molecule has 5 aliphatic rings. The van der Waals surface area contributed by atoms with Gasteiger partial charge in [0.05, 0.1) is 17.0 Å². The number of halogens is 2. The Morgan fingerprint density at radius 2 is 1.87 bits per heavy atom. The van der Waals surface area contributed by atoms with Gasteiger partial charge in [0.1, 0.15) is 24.2 Å². The third-order valence-electron chi connectivity index (χ3n) is 13.9. The zero-order chi connectivity index (χ0) is 44.4. The van der Waals surface area contributed by atoms with Crippen molar-refractivity contribution in [3.63, 3.8) is 0 Å². The third kappa shape index (κ3) is 7.64. The van der Waals surface area contributed by atoms with Gasteiger partial charge in [0, 0.05) is 42.4 Å². The van der Waals surface area contributed by atoms with Crippen LogP contribution in [0.2, 0.25) is 0 Å². The van der Waals surface area contributed by atoms with Crippen molar-refractivity contribution in [1.82, 2.24) is 24.8 Å². The first kappa shape index (κ1) is 44.3. The first-order valence-electron chi connectivity index (χ1n) is 21.4. The van der Waals surface area contributed by atoms with Crippen molar-refractivity contribution in [3.8, 4) is 11.6 Å². The van der Waals surface area contributed by atoms with Gasteiger partial charge in [-0.2, -0.15) is 8.78 Å². The average Bonchev–Trinajstić information content (AvgIpc) is 4.11. The highest BCUT2D eigenvalue weighted by molar-refractivity contribution is 7.91. The minimum atomic E-state index is -4.28. The number of carbonyl (C=O) groups excluding carboxylic acids is 3. The summed E-state index contributed by atoms with van der Waals surface area (Å²) < 4.78 is 75.6. The molecule has 0 bridgehead atoms. The molecule has 8 atom stereocenters. The number of ether oxygens (including phenoxy) is 2. The number of benzene rings is 1. The summed E-state index contributed by atoms with van der Waals surface area (Å²) in [7, 11) is -2.26. The number of likely N-dealkylation sites (N-methyl/N-ethyl adjacent to an activating group) is 1. The lowest BCUT2D eigenvalue weighted by Gasteiger charge is -2.43. The molecule has 1 saturated heterocycles. The van der Waals surface area contributed by atoms with Gasteiger partial charge < -0.3 is 24.8 Å². The van der Waals surface area contributed by atoms with Crippen molar-refractivity contribution in [2.24, 2.45) is 17.8 Å². The summed E-state index contributed by atoms with van der Waals surface area (Å²) in [6.07, 6.45) is 5.33. The van der Waals surface area contributed by atoms with Crippen LogP contribution in [0.15, 0.2) is 36.5 Å². The van der Waals surface area contributed by atoms with E-state index in [2.05, 4.69) is 15.0 Å². The molecule has 4 amide bonds. The van der Waals surface area contributed by atoms with Gasteiger partial charge in [0.25, 0.3) is 11.8 Å². The highest BCUT2D eigenvalue weighted by Gasteiger charge is 2.71. The second-order valence-corrected chi connectivity index (χ2v) is 20.5. The summed E-state index contributed by atoms with van der Waals surface area (Å²) in [5.74, 6) is -4.61. The van der Waals surface area contributed by atoms with Crippen LogP contribution in [0, 0.1) is 17.8 Å². The lowest BCUT2D eigenvalue weighted by Crippen LogP contribution is -2.65. The number of carboxylic acid groups (broad SMARTS) is 1. The molecular formula is C43H58F2N6O9S. The van der Waals surface area contributed by atoms with Crippen molar-refractivity contribution in [3.05, 3.63) is 36.5 Å². The topological polar surface area (TPSA) is 188 Å². The number of sulfonamides is 1. The van der Waals surface area contributed by atoms with E-state index in [0.29, 0.717) is 61.8 Å². The lowest BCUT2D eigenvalue weighted by atomic mass is 9.83. The number of amides is 4. The molecule has 18 heteroatoms. The number of hydrogen-bond acceptors (Lipinski definition) is 10. The van der Waals surface area contributed by atoms with E-state index in [-0.39, 0.29) is 36.0 Å². The molecule has 2 saturated carbocycles. The Morgan fingerprint density at radius 1 is 1.15 bits per heavy atom. The molecule has 61 heavy (non-hydrogen) atoms. The van der Waals surface area contributed by atoms with Gasteiger partial charge >= 0.3 is 12.1 Å². The Bertz CT molecular complexity index is 2240. The van der Waals surface area contributed by atoms with Gasteiger partial charge in [-0.15, -0.1) is 0 Å². The Kier molecular flexibility index (Phi) is 11.5. The van der Waals surface area contributed by atoms with Gasteiger partial charge in [-0.05, 0) is 95.8 Å². The van der Waals surface area contributed by atoms with Crippen molar-refractivity contribution in [1.29, 1.82) is 0 Å². The van der Waals surface area contributed by atoms with Gasteiger partial charge in [0.2, 0.25) is 21.8 Å². The van der Waals surface area contributed by atoms with E-state index in [9.17, 15) is 27.9 Å². The maximum Gasteiger partial charge on any atom is 0.408 e. The Morgan fingerprint density at radius 3 is 2.52 bits per heavy atom. The molecule has 0 spiro atoms. The van der Waals surface area contributed by atoms with E-state index in [4.69, 9.17) is 9.47 Å². The molecule has 0 radical (unpaired) electrons. The second kappa shape index (κ2) is 15.9. The molecule has 15 nitrogen and oxygen atoms in total. The quantitative estimate of drug-likeness (QED) is 0.204. The summed E-state index contributed by atoms with van der Waals surface area (Å²) in [5.41, 5.74) is -3.70. The van der Waals surface area contributed by atoms with Crippen molar-refractivity contribution in [2.45, 2.75) is 139 Å². The highest BCUT2D eigenvalue weighted by Crippen LogP contribution is 2.52. The number of nitrogens with zero attached hydrogens (tertiary/aromatic N) is 4. The van der Waals surface area contributed by atoms with Gasteiger partial charge in [-0.25, -0.2) is 18.2 Å². The largest absolute Gasteiger partial charge is 0.489 e. The summed E-state index contributed by atoms with van der Waals surface area (Å²) in [6.45, 7) is 10.7. The average molecular weight is 873 g/mol. The predicted molar refractivity (Wildman–Crippen MR) is 223 cm³/mol. The zero-order valence-electron chi connectivity index (χ0n) is 35.9. The van der Waals surface area contributed by atoms with Crippen LogP contribution in [0.3, 0.4) is 0 Å². The number of fused-ring (bicyclic) bond motifs is 5. The van der Waals surface area contributed by atoms with E-state index in [0.717, 1.165) is 17.5 Å². The first-order valence-corrected chi connectivity index (χ1v) is 22.9. The van der Waals surface area contributed by atoms with Crippen LogP contribution in [0.1, 0.15) is 99.3 Å². The van der Waals surface area contributed by atoms with E-state index in [1.165, 1.54) is 13.1 Å². The van der Waals surface area contributed by atoms with Crippen molar-refractivity contribution < 1.29 is 51.0 Å². The molecular weight excluding hydrogens is 815 g/mol. The van der Waals surface area contributed by atoms with Crippen LogP contribution in [-0.4, -0.2) is 112 Å². The van der Waals surface area contributed by atoms with Crippen LogP contribution < -0.4 is 24.4 Å². The summed E-state index contributed by atoms with van der Waals surface area (Å²) in [6, 6.07) is -3.56. The predicted octanol–water partition coefficient (Wildman–Crippen LogP) is 5.82. The minimum Gasteiger partial charge on any atom is -0.489 e. The van der Waals surface area contributed by atoms with Gasteiger partial charge in [-0.1, -0.05) is 39.3 Å². The summed E-state index contributed by atoms with van der Waals surface area (Å²) >= 11 is 0. The Hall–Kier alpha value is -4.74. The smallest absolute Gasteiger partial charge is 0.408 e. The fourth-order valence-corrected chi connectivity index (χ4v) is 10.6. The number of aromatic nitrogens is 1. The monoisotopic (exact) mass is 872 g/mol. The fraction of sp³-hybridized carbons (Fsp3) is 0.651. The molecule has 7 rings (SSSR count). The number of alkyl halides is 2. The maximum absolute atomic E-state index is 17.9. The van der Waals surface area contributed by atoms with E-state index in [1.54, 1.807) is 45.0 Å². The number of hydrogen-bond donors (Lipinski definition) is 3. The van der Waals surface area contributed by atoms with Crippen LogP contribution in [0.25, 0.3) is 10.8 Å². The van der Waals surface area contributed by atoms with Crippen LogP contribution in [-0.2, 0) is 24.4 Å². The number of nitrogens with one attached hydrogen (secondary N) is 2. The van der Waals surface area contributed by atoms with Crippen LogP contribution in [0.4, 0.5) is 19.3 Å². The third-order valence-corrected chi connectivity index (χ3v) is 16.1. The molecule has 2 aromatic rings. The molecule has 1 unspecified atom stereocenters. The van der Waals surface area contributed by atoms with Crippen molar-refractivity contribution >= 4 is 50.3 Å². The molecule has 3 N–H and O–H groups in total. The SMILES string of the molecule is CCC(C)N(C(=O)O)[C@@H]1C(=O)N2[C@@H](C[C@@](C)(Oc3nccc4c5c(ccc34)N(C)CCO5)C2(F)F)C(=O)N[C@]2(C(=O)NS(=O)(=O)C3(C)CC3)C[C@H]2/C=C\CC[C@H](C)C[C@H]1CC. The molecule has 334 valence electrons. The molecule has 2 aliphatic carbocycles. The standard InChI is InChI=1S/C43H58F2N6O9S/c1-8-26(4)50(39(55)56)33-27(9-2)22-25(3)12-10-11-13-28-23-42(28,38(54)48-61(57,58)40(5)17-18-40)47-35(52)32-24-41(6,43(44,45)51(32)37(33)53)60-36-30-14-15-31-34(29(30)16-19-46-36)59-21-20-49(31)7/h11,13-16,19,25-28,32-33H,8-10,12,17-18,20-24H2,1-7H3,(H,47,52)(H,48,54)(H,55,56)/b13-11-/t25-,26?,27+,28+,32-,33-,41+,42+/m0/s1. The zero-order valence-corrected chi connectivity index (χ0v) is 36.7. The van der Waals surface area contributed by atoms with Crippen molar-refractivity contribution in [2.75, 3.05) is 25.1 Å². The van der Waals surface area contributed by atoms with E-state index < -0.39 is 92.2 Å². The number of allylic oxidation sites excluding steroid dienone is 1. The summed E-state index contributed by atoms with van der Waals surface area (Å²) in [4.78, 5) is 64.8. The van der Waals surface area contributed by atoms with E-state index in [1.807, 2.05) is 24.9 Å². The molecule has 1 aromatic carbocycles. The summed E-state index contributed by atoms with van der Waals surface area (Å²) in [5, 5.41) is 14.2. The number of anilines is 1. The van der Waals surface area contributed by atoms with Crippen LogP contribution >= 0.6 is 0 Å². The number of rotatable bonds is 9. The van der Waals surface area contributed by atoms with E-state index >= 15 is 13.6 Å². The normalized spacial score (nSPS) is 31.8. The minimum absolute atomic E-state index is 0.0173. The molecule has 1 aromatic heterocycles. The Balaban J connectivity index is 1.35. The molecule has 3 fully saturated rings. The molecule has 3 aliphatic heterocycles. The fourth-order valence-electron chi connectivity index (χ4n) is 9.31. The molecule has 4 heterocycles. The highest BCUT2D eigenvalue weighted by atomic mass is 32.2. The number of pyridine rings is 1. The van der Waals surface area contributed by atoms with Gasteiger partial charge in [0.15, 0.2) is 11.4 Å². The first-order chi connectivity index (χ1) is 28.6. The lowest BCUT2D eigenvalue weighted by molar-refractivity contribution is -0.219. The second-order valence-electron chi connectivity index (χ2n) is 18.3. The maximum atomic E-state index is 17.9. The van der Waals surface area contributed by atoms with Crippen LogP contribution in [0.5, 0.6) is 11.6 Å².